The molecule has 0 spiro atoms. The first kappa shape index (κ1) is 22.0. The highest BCUT2D eigenvalue weighted by Gasteiger charge is 2.37. The number of methoxy groups -OCH3 is 1. The summed E-state index contributed by atoms with van der Waals surface area (Å²) in [5.41, 5.74) is -4.18. The summed E-state index contributed by atoms with van der Waals surface area (Å²) in [6.07, 6.45) is -10.4. The summed E-state index contributed by atoms with van der Waals surface area (Å²) in [4.78, 5) is 23.7. The van der Waals surface area contributed by atoms with E-state index in [1.165, 1.54) is 0 Å². The van der Waals surface area contributed by atoms with Gasteiger partial charge >= 0.3 is 18.3 Å². The molecule has 0 fully saturated rings. The van der Waals surface area contributed by atoms with Gasteiger partial charge in [0.15, 0.2) is 0 Å². The lowest BCUT2D eigenvalue weighted by Gasteiger charge is -2.18. The maximum Gasteiger partial charge on any atom is 0.416 e. The minimum Gasteiger partial charge on any atom is -0.467 e. The number of benzene rings is 1. The van der Waals surface area contributed by atoms with Gasteiger partial charge in [0.25, 0.3) is 5.91 Å². The molecule has 0 aromatic heterocycles. The predicted molar refractivity (Wildman–Crippen MR) is 82.4 cm³/mol. The summed E-state index contributed by atoms with van der Waals surface area (Å²) < 4.78 is 81.6. The van der Waals surface area contributed by atoms with Crippen molar-refractivity contribution < 1.29 is 40.7 Å². The molecular weight excluding hydrogens is 436 g/mol. The first-order valence-electron chi connectivity index (χ1n) is 6.77. The number of nitrogens with one attached hydrogen (secondary N) is 1. The third-order valence-electron chi connectivity index (χ3n) is 3.07. The van der Waals surface area contributed by atoms with Crippen LogP contribution < -0.4 is 5.32 Å². The number of ether oxygens (including phenoxy) is 1. The average Bonchev–Trinajstić information content (AvgIpc) is 2.50. The topological polar surface area (TPSA) is 55.4 Å². The minimum absolute atomic E-state index is 0.102. The Morgan fingerprint density at radius 3 is 1.92 bits per heavy atom. The largest absolute Gasteiger partial charge is 0.467 e. The van der Waals surface area contributed by atoms with Gasteiger partial charge in [0.2, 0.25) is 0 Å². The van der Waals surface area contributed by atoms with Gasteiger partial charge in [-0.3, -0.25) is 4.79 Å². The second kappa shape index (κ2) is 8.11. The number of carbonyl (C=O) groups excluding carboxylic acids is 2. The van der Waals surface area contributed by atoms with Crippen LogP contribution in [0.3, 0.4) is 0 Å². The van der Waals surface area contributed by atoms with E-state index in [0.717, 1.165) is 7.11 Å². The van der Waals surface area contributed by atoms with Gasteiger partial charge in [-0.05, 0) is 22.7 Å². The average molecular weight is 448 g/mol. The Balaban J connectivity index is 3.29. The molecule has 1 atom stereocenters. The van der Waals surface area contributed by atoms with Crippen molar-refractivity contribution in [2.24, 2.45) is 0 Å². The molecule has 0 aliphatic heterocycles. The molecule has 0 aliphatic rings. The van der Waals surface area contributed by atoms with Crippen LogP contribution in [-0.2, 0) is 21.9 Å². The van der Waals surface area contributed by atoms with E-state index in [9.17, 15) is 35.9 Å². The molecule has 11 heteroatoms. The molecule has 4 nitrogen and oxygen atoms in total. The molecular formula is C15H12BrF6NO3. The molecule has 144 valence electrons. The van der Waals surface area contributed by atoms with Crippen molar-refractivity contribution in [3.8, 4) is 0 Å². The van der Waals surface area contributed by atoms with Gasteiger partial charge in [-0.25, -0.2) is 4.79 Å². The van der Waals surface area contributed by atoms with Gasteiger partial charge in [-0.1, -0.05) is 22.5 Å². The Morgan fingerprint density at radius 2 is 1.58 bits per heavy atom. The molecule has 1 amide bonds. The molecule has 0 saturated carbocycles. The second-order valence-corrected chi connectivity index (χ2v) is 6.19. The monoisotopic (exact) mass is 447 g/mol. The summed E-state index contributed by atoms with van der Waals surface area (Å²) in [7, 11) is 1.00. The van der Waals surface area contributed by atoms with E-state index in [1.54, 1.807) is 0 Å². The number of carbonyl (C=O) groups is 2. The fourth-order valence-corrected chi connectivity index (χ4v) is 2.21. The fourth-order valence-electron chi connectivity index (χ4n) is 1.88. The first-order chi connectivity index (χ1) is 11.8. The molecule has 1 aromatic rings. The van der Waals surface area contributed by atoms with E-state index in [4.69, 9.17) is 0 Å². The van der Waals surface area contributed by atoms with Gasteiger partial charge in [0.1, 0.15) is 6.04 Å². The van der Waals surface area contributed by atoms with Crippen molar-refractivity contribution in [3.63, 3.8) is 0 Å². The Morgan fingerprint density at radius 1 is 1.12 bits per heavy atom. The summed E-state index contributed by atoms with van der Waals surface area (Å²) in [5.74, 6) is -2.24. The van der Waals surface area contributed by atoms with E-state index in [2.05, 4.69) is 27.2 Å². The van der Waals surface area contributed by atoms with Crippen LogP contribution >= 0.6 is 15.9 Å². The highest BCUT2D eigenvalue weighted by atomic mass is 79.9. The molecule has 0 aliphatic carbocycles. The molecule has 1 N–H and O–H groups in total. The van der Waals surface area contributed by atoms with Crippen LogP contribution in [0.15, 0.2) is 29.3 Å². The number of hydrogen-bond donors (Lipinski definition) is 1. The van der Waals surface area contributed by atoms with E-state index in [1.807, 2.05) is 5.32 Å². The highest BCUT2D eigenvalue weighted by Crippen LogP contribution is 2.36. The molecule has 0 bridgehead atoms. The van der Waals surface area contributed by atoms with E-state index < -0.39 is 47.0 Å². The van der Waals surface area contributed by atoms with Crippen molar-refractivity contribution in [1.29, 1.82) is 0 Å². The van der Waals surface area contributed by atoms with E-state index in [-0.39, 0.29) is 29.1 Å². The molecule has 1 rings (SSSR count). The Kier molecular flexibility index (Phi) is 6.86. The van der Waals surface area contributed by atoms with Gasteiger partial charge < -0.3 is 10.1 Å². The zero-order valence-corrected chi connectivity index (χ0v) is 14.7. The SMILES string of the molecule is C=C(Br)C[C@@H](NC(=O)c1cc(C(F)(F)F)cc(C(F)(F)F)c1)C(=O)OC. The van der Waals surface area contributed by atoms with Crippen molar-refractivity contribution >= 4 is 27.8 Å². The van der Waals surface area contributed by atoms with Crippen molar-refractivity contribution in [2.75, 3.05) is 7.11 Å². The van der Waals surface area contributed by atoms with Crippen molar-refractivity contribution in [1.82, 2.24) is 5.32 Å². The lowest BCUT2D eigenvalue weighted by molar-refractivity contribution is -0.144. The second-order valence-electron chi connectivity index (χ2n) is 5.07. The normalized spacial score (nSPS) is 13.1. The summed E-state index contributed by atoms with van der Waals surface area (Å²) in [5, 5.41) is 2.03. The number of hydrogen-bond acceptors (Lipinski definition) is 3. The maximum atomic E-state index is 12.8. The Bertz CT molecular complexity index is 682. The first-order valence-corrected chi connectivity index (χ1v) is 7.56. The van der Waals surface area contributed by atoms with Crippen LogP contribution in [-0.4, -0.2) is 25.0 Å². The van der Waals surface area contributed by atoms with Crippen LogP contribution in [0.2, 0.25) is 0 Å². The molecule has 1 aromatic carbocycles. The molecule has 0 radical (unpaired) electrons. The number of halogens is 7. The van der Waals surface area contributed by atoms with Gasteiger partial charge in [0, 0.05) is 12.0 Å². The lowest BCUT2D eigenvalue weighted by Crippen LogP contribution is -2.41. The van der Waals surface area contributed by atoms with Gasteiger partial charge in [0.05, 0.1) is 18.2 Å². The third kappa shape index (κ3) is 6.04. The zero-order chi connectivity index (χ0) is 20.3. The van der Waals surface area contributed by atoms with Gasteiger partial charge in [-0.15, -0.1) is 0 Å². The fraction of sp³-hybridized carbons (Fsp3) is 0.333. The highest BCUT2D eigenvalue weighted by molar-refractivity contribution is 9.11. The van der Waals surface area contributed by atoms with Crippen molar-refractivity contribution in [3.05, 3.63) is 46.0 Å². The van der Waals surface area contributed by atoms with Crippen LogP contribution in [0.1, 0.15) is 27.9 Å². The number of amides is 1. The number of esters is 1. The van der Waals surface area contributed by atoms with Gasteiger partial charge in [-0.2, -0.15) is 26.3 Å². The molecule has 0 saturated heterocycles. The zero-order valence-electron chi connectivity index (χ0n) is 13.1. The Hall–Kier alpha value is -2.04. The molecule has 0 heterocycles. The lowest BCUT2D eigenvalue weighted by atomic mass is 10.0. The van der Waals surface area contributed by atoms with Crippen LogP contribution in [0.5, 0.6) is 0 Å². The van der Waals surface area contributed by atoms with Crippen LogP contribution in [0.25, 0.3) is 0 Å². The Labute approximate surface area is 152 Å². The number of rotatable bonds is 5. The summed E-state index contributed by atoms with van der Waals surface area (Å²) >= 11 is 2.94. The summed E-state index contributed by atoms with van der Waals surface area (Å²) in [6.45, 7) is 3.44. The van der Waals surface area contributed by atoms with Crippen LogP contribution in [0.4, 0.5) is 26.3 Å². The van der Waals surface area contributed by atoms with Crippen molar-refractivity contribution in [2.45, 2.75) is 24.8 Å². The molecule has 0 unspecified atom stereocenters. The van der Waals surface area contributed by atoms with E-state index >= 15 is 0 Å². The van der Waals surface area contributed by atoms with E-state index in [0.29, 0.717) is 0 Å². The predicted octanol–water partition coefficient (Wildman–Crippen LogP) is 4.29. The smallest absolute Gasteiger partial charge is 0.416 e. The summed E-state index contributed by atoms with van der Waals surface area (Å²) in [6, 6.07) is -0.915. The maximum absolute atomic E-state index is 12.8. The third-order valence-corrected chi connectivity index (χ3v) is 3.39. The van der Waals surface area contributed by atoms with Crippen LogP contribution in [0, 0.1) is 0 Å². The number of alkyl halides is 6. The quantitative estimate of drug-likeness (QED) is 0.540. The standard InChI is InChI=1S/C15H12BrF6NO3/c1-7(16)3-11(13(25)26-2)23-12(24)8-4-9(14(17,18)19)6-10(5-8)15(20,21)22/h4-6,11H,1,3H2,2H3,(H,23,24)/t11-/m1/s1. The minimum atomic E-state index is -5.10. The molecule has 26 heavy (non-hydrogen) atoms.